The molecule has 0 radical (unpaired) electrons. The van der Waals surface area contributed by atoms with Gasteiger partial charge in [0, 0.05) is 34.8 Å². The monoisotopic (exact) mass is 622 g/mol. The van der Waals surface area contributed by atoms with Gasteiger partial charge in [0.2, 0.25) is 0 Å². The molecule has 4 unspecified atom stereocenters. The molecule has 0 saturated carbocycles. The molecule has 6 aromatic carbocycles. The van der Waals surface area contributed by atoms with Crippen LogP contribution in [0, 0.1) is 11.8 Å². The summed E-state index contributed by atoms with van der Waals surface area (Å²) in [6, 6.07) is 61.0. The Kier molecular flexibility index (Phi) is 9.33. The van der Waals surface area contributed by atoms with Crippen molar-refractivity contribution >= 4 is 11.6 Å². The third-order valence-corrected chi connectivity index (χ3v) is 9.78. The van der Waals surface area contributed by atoms with Crippen LogP contribution in [0.3, 0.4) is 0 Å². The van der Waals surface area contributed by atoms with Gasteiger partial charge in [0.15, 0.2) is 11.6 Å². The van der Waals surface area contributed by atoms with E-state index >= 15 is 9.59 Å². The first-order chi connectivity index (χ1) is 23.7. The molecule has 4 atom stereocenters. The van der Waals surface area contributed by atoms with Crippen molar-refractivity contribution in [1.29, 1.82) is 0 Å². The number of allylic oxidation sites excluding steroid dienone is 2. The van der Waals surface area contributed by atoms with Crippen molar-refractivity contribution in [2.24, 2.45) is 11.8 Å². The fraction of sp³-hybridized carbons (Fsp3) is 0.130. The highest BCUT2D eigenvalue weighted by atomic mass is 16.1. The third-order valence-electron chi connectivity index (χ3n) is 9.78. The van der Waals surface area contributed by atoms with E-state index in [1.165, 1.54) is 22.3 Å². The number of hydrogen-bond donors (Lipinski definition) is 0. The van der Waals surface area contributed by atoms with E-state index in [4.69, 9.17) is 0 Å². The van der Waals surface area contributed by atoms with Gasteiger partial charge in [0.1, 0.15) is 0 Å². The molecule has 6 aromatic rings. The topological polar surface area (TPSA) is 34.1 Å². The zero-order chi connectivity index (χ0) is 32.7. The first-order valence-electron chi connectivity index (χ1n) is 16.8. The summed E-state index contributed by atoms with van der Waals surface area (Å²) in [7, 11) is 0. The Morgan fingerprint density at radius 1 is 0.354 bits per heavy atom. The smallest absolute Gasteiger partial charge is 0.167 e. The molecule has 1 aliphatic carbocycles. The van der Waals surface area contributed by atoms with Crippen LogP contribution in [0.15, 0.2) is 193 Å². The van der Waals surface area contributed by atoms with Crippen LogP contribution in [0.4, 0.5) is 0 Å². The zero-order valence-electron chi connectivity index (χ0n) is 26.9. The molecule has 48 heavy (non-hydrogen) atoms. The first-order valence-corrected chi connectivity index (χ1v) is 16.8. The second kappa shape index (κ2) is 14.4. The third kappa shape index (κ3) is 6.48. The highest BCUT2D eigenvalue weighted by Crippen LogP contribution is 2.55. The van der Waals surface area contributed by atoms with E-state index in [1.54, 1.807) is 0 Å². The molecule has 0 saturated heterocycles. The standard InChI is InChI=1S/C46H38O2/c47-45(37-27-15-5-16-28-37)43-41(35-23-11-3-12-24-35)39(31-33-19-7-1-8-20-33)40(32-34-21-9-2-10-22-34)42(36-25-13-4-14-26-36)44(43)46(48)38-29-17-6-18-30-38/h1-30,41-44H,31-32H2. The van der Waals surface area contributed by atoms with Crippen LogP contribution in [-0.2, 0) is 12.8 Å². The predicted molar refractivity (Wildman–Crippen MR) is 194 cm³/mol. The van der Waals surface area contributed by atoms with Gasteiger partial charge in [-0.05, 0) is 35.1 Å². The fourth-order valence-electron chi connectivity index (χ4n) is 7.68. The second-order valence-electron chi connectivity index (χ2n) is 12.7. The number of Topliss-reactive ketones (excluding diaryl/α,β-unsaturated/α-hetero) is 2. The predicted octanol–water partition coefficient (Wildman–Crippen LogP) is 10.3. The van der Waals surface area contributed by atoms with E-state index in [1.807, 2.05) is 109 Å². The minimum atomic E-state index is -0.633. The maximum Gasteiger partial charge on any atom is 0.167 e. The van der Waals surface area contributed by atoms with E-state index in [9.17, 15) is 0 Å². The summed E-state index contributed by atoms with van der Waals surface area (Å²) in [4.78, 5) is 30.4. The molecule has 2 heteroatoms. The Morgan fingerprint density at radius 2 is 0.625 bits per heavy atom. The van der Waals surface area contributed by atoms with Gasteiger partial charge >= 0.3 is 0 Å². The van der Waals surface area contributed by atoms with Crippen molar-refractivity contribution in [2.75, 3.05) is 0 Å². The lowest BCUT2D eigenvalue weighted by atomic mass is 9.55. The van der Waals surface area contributed by atoms with Gasteiger partial charge in [-0.1, -0.05) is 193 Å². The minimum Gasteiger partial charge on any atom is -0.294 e. The number of ketones is 2. The lowest BCUT2D eigenvalue weighted by Gasteiger charge is -2.46. The number of carbonyl (C=O) groups is 2. The Morgan fingerprint density at radius 3 is 0.938 bits per heavy atom. The molecule has 0 fully saturated rings. The maximum atomic E-state index is 15.2. The van der Waals surface area contributed by atoms with Crippen LogP contribution in [-0.4, -0.2) is 11.6 Å². The van der Waals surface area contributed by atoms with Gasteiger partial charge in [-0.25, -0.2) is 0 Å². The Hall–Kier alpha value is -5.60. The summed E-state index contributed by atoms with van der Waals surface area (Å²) in [5.41, 5.74) is 8.18. The summed E-state index contributed by atoms with van der Waals surface area (Å²) in [5.74, 6) is -1.88. The second-order valence-corrected chi connectivity index (χ2v) is 12.7. The number of hydrogen-bond acceptors (Lipinski definition) is 2. The summed E-state index contributed by atoms with van der Waals surface area (Å²) in [5, 5.41) is 0. The lowest BCUT2D eigenvalue weighted by Crippen LogP contribution is -2.44. The van der Waals surface area contributed by atoms with Crippen LogP contribution in [0.1, 0.15) is 54.8 Å². The largest absolute Gasteiger partial charge is 0.294 e. The van der Waals surface area contributed by atoms with Gasteiger partial charge < -0.3 is 0 Å². The van der Waals surface area contributed by atoms with E-state index in [0.29, 0.717) is 24.0 Å². The highest BCUT2D eigenvalue weighted by Gasteiger charge is 2.51. The van der Waals surface area contributed by atoms with Crippen LogP contribution < -0.4 is 0 Å². The lowest BCUT2D eigenvalue weighted by molar-refractivity contribution is 0.0710. The van der Waals surface area contributed by atoms with E-state index in [-0.39, 0.29) is 23.4 Å². The fourth-order valence-corrected chi connectivity index (χ4v) is 7.68. The molecule has 2 nitrogen and oxygen atoms in total. The average molecular weight is 623 g/mol. The summed E-state index contributed by atoms with van der Waals surface area (Å²) in [6.45, 7) is 0. The molecule has 0 N–H and O–H groups in total. The van der Waals surface area contributed by atoms with Crippen LogP contribution in [0.25, 0.3) is 0 Å². The van der Waals surface area contributed by atoms with Gasteiger partial charge in [0.05, 0.1) is 0 Å². The molecule has 1 aliphatic rings. The highest BCUT2D eigenvalue weighted by molar-refractivity contribution is 6.06. The minimum absolute atomic E-state index is 0.00369. The maximum absolute atomic E-state index is 15.2. The van der Waals surface area contributed by atoms with Gasteiger partial charge in [-0.2, -0.15) is 0 Å². The van der Waals surface area contributed by atoms with E-state index in [0.717, 1.165) is 11.1 Å². The number of benzene rings is 6. The van der Waals surface area contributed by atoms with Crippen LogP contribution in [0.5, 0.6) is 0 Å². The molecular weight excluding hydrogens is 585 g/mol. The van der Waals surface area contributed by atoms with Gasteiger partial charge in [-0.15, -0.1) is 0 Å². The van der Waals surface area contributed by atoms with Crippen LogP contribution in [0.2, 0.25) is 0 Å². The summed E-state index contributed by atoms with van der Waals surface area (Å²) in [6.07, 6.45) is 1.35. The SMILES string of the molecule is O=C(c1ccccc1)C1C(c2ccccc2)C(Cc2ccccc2)=C(Cc2ccccc2)C(c2ccccc2)C1C(=O)c1ccccc1. The molecule has 0 aromatic heterocycles. The first kappa shape index (κ1) is 31.0. The Bertz CT molecular complexity index is 1840. The Balaban J connectivity index is 1.57. The van der Waals surface area contributed by atoms with Gasteiger partial charge in [0.25, 0.3) is 0 Å². The molecule has 0 heterocycles. The molecular formula is C46H38O2. The summed E-state index contributed by atoms with van der Waals surface area (Å²) < 4.78 is 0. The zero-order valence-corrected chi connectivity index (χ0v) is 26.9. The van der Waals surface area contributed by atoms with E-state index < -0.39 is 11.8 Å². The number of carbonyl (C=O) groups excluding carboxylic acids is 2. The molecule has 7 rings (SSSR count). The molecule has 0 bridgehead atoms. The Labute approximate surface area is 283 Å². The van der Waals surface area contributed by atoms with Gasteiger partial charge in [-0.3, -0.25) is 9.59 Å². The molecule has 0 amide bonds. The van der Waals surface area contributed by atoms with Crippen molar-refractivity contribution in [3.8, 4) is 0 Å². The van der Waals surface area contributed by atoms with Crippen molar-refractivity contribution in [3.63, 3.8) is 0 Å². The number of rotatable bonds is 10. The van der Waals surface area contributed by atoms with Crippen molar-refractivity contribution < 1.29 is 9.59 Å². The molecule has 234 valence electrons. The van der Waals surface area contributed by atoms with Crippen molar-refractivity contribution in [1.82, 2.24) is 0 Å². The van der Waals surface area contributed by atoms with E-state index in [2.05, 4.69) is 72.8 Å². The normalized spacial score (nSPS) is 19.1. The van der Waals surface area contributed by atoms with Crippen molar-refractivity contribution in [3.05, 3.63) is 227 Å². The van der Waals surface area contributed by atoms with Crippen molar-refractivity contribution in [2.45, 2.75) is 24.7 Å². The summed E-state index contributed by atoms with van der Waals surface area (Å²) >= 11 is 0. The average Bonchev–Trinajstić information content (AvgIpc) is 3.16. The molecule has 0 spiro atoms. The van der Waals surface area contributed by atoms with Crippen LogP contribution >= 0.6 is 0 Å². The molecule has 0 aliphatic heterocycles. The quantitative estimate of drug-likeness (QED) is 0.113.